The highest BCUT2D eigenvalue weighted by Crippen LogP contribution is 2.38. The summed E-state index contributed by atoms with van der Waals surface area (Å²) in [6, 6.07) is 2.72. The summed E-state index contributed by atoms with van der Waals surface area (Å²) in [6.07, 6.45) is 0.764. The molecule has 0 unspecified atom stereocenters. The van der Waals surface area contributed by atoms with E-state index in [1.54, 1.807) is 0 Å². The number of nitrogen functional groups attached to an aromatic ring is 1. The Morgan fingerprint density at radius 1 is 1.38 bits per heavy atom. The van der Waals surface area contributed by atoms with E-state index >= 15 is 0 Å². The van der Waals surface area contributed by atoms with Crippen LogP contribution in [0.3, 0.4) is 0 Å². The molecule has 0 aromatic heterocycles. The van der Waals surface area contributed by atoms with Gasteiger partial charge in [-0.3, -0.25) is 0 Å². The highest BCUT2D eigenvalue weighted by atomic mass is 35.5. The van der Waals surface area contributed by atoms with Crippen molar-refractivity contribution >= 4 is 27.1 Å². The van der Waals surface area contributed by atoms with Gasteiger partial charge < -0.3 is 15.7 Å². The van der Waals surface area contributed by atoms with Crippen molar-refractivity contribution in [3.63, 3.8) is 0 Å². The van der Waals surface area contributed by atoms with E-state index in [4.69, 9.17) is 17.3 Å². The summed E-state index contributed by atoms with van der Waals surface area (Å²) in [6.45, 7) is 0.888. The molecule has 21 heavy (non-hydrogen) atoms. The number of hydrogen-bond acceptors (Lipinski definition) is 5. The van der Waals surface area contributed by atoms with Crippen LogP contribution in [0.2, 0.25) is 5.02 Å². The fourth-order valence-electron chi connectivity index (χ4n) is 2.56. The maximum absolute atomic E-state index is 12.7. The quantitative estimate of drug-likeness (QED) is 0.647. The van der Waals surface area contributed by atoms with Crippen LogP contribution in [0.4, 0.5) is 10.1 Å². The fraction of sp³-hybridized carbons (Fsp3) is 0.538. The smallest absolute Gasteiger partial charge is 0.186 e. The van der Waals surface area contributed by atoms with E-state index in [1.807, 2.05) is 4.90 Å². The zero-order valence-corrected chi connectivity index (χ0v) is 13.0. The normalized spacial score (nSPS) is 18.0. The van der Waals surface area contributed by atoms with Crippen molar-refractivity contribution in [1.82, 2.24) is 4.90 Å². The number of benzene rings is 1. The Hall–Kier alpha value is -1.05. The summed E-state index contributed by atoms with van der Waals surface area (Å²) >= 11 is 5.93. The third-order valence-electron chi connectivity index (χ3n) is 3.77. The van der Waals surface area contributed by atoms with Crippen LogP contribution < -0.4 is 5.73 Å². The second-order valence-electron chi connectivity index (χ2n) is 5.09. The van der Waals surface area contributed by atoms with Crippen LogP contribution in [0.5, 0.6) is 5.75 Å². The van der Waals surface area contributed by atoms with Crippen molar-refractivity contribution in [2.75, 3.05) is 32.0 Å². The van der Waals surface area contributed by atoms with Crippen molar-refractivity contribution in [2.24, 2.45) is 0 Å². The van der Waals surface area contributed by atoms with Gasteiger partial charge in [-0.25, -0.2) is 12.8 Å². The molecule has 1 aliphatic rings. The zero-order chi connectivity index (χ0) is 15.6. The second-order valence-corrected chi connectivity index (χ2v) is 7.66. The number of alkyl halides is 1. The topological polar surface area (TPSA) is 83.6 Å². The van der Waals surface area contributed by atoms with E-state index in [2.05, 4.69) is 0 Å². The molecule has 0 amide bonds. The molecule has 1 aliphatic heterocycles. The fourth-order valence-corrected chi connectivity index (χ4v) is 4.93. The number of halogens is 2. The molecule has 1 fully saturated rings. The van der Waals surface area contributed by atoms with Gasteiger partial charge in [0.1, 0.15) is 11.6 Å². The first-order valence-electron chi connectivity index (χ1n) is 6.67. The number of piperidine rings is 1. The minimum absolute atomic E-state index is 0.0205. The molecule has 1 heterocycles. The van der Waals surface area contributed by atoms with Crippen LogP contribution in [0.15, 0.2) is 17.0 Å². The van der Waals surface area contributed by atoms with Gasteiger partial charge in [-0.1, -0.05) is 11.6 Å². The Morgan fingerprint density at radius 2 is 2.00 bits per heavy atom. The minimum atomic E-state index is -3.77. The number of aromatic hydroxyl groups is 1. The third kappa shape index (κ3) is 3.25. The molecule has 2 rings (SSSR count). The first-order valence-corrected chi connectivity index (χ1v) is 8.59. The monoisotopic (exact) mass is 336 g/mol. The number of nitrogens with zero attached hydrogens (tertiary/aromatic N) is 1. The largest absolute Gasteiger partial charge is 0.504 e. The first-order chi connectivity index (χ1) is 9.87. The number of likely N-dealkylation sites (tertiary alicyclic amines) is 1. The SMILES string of the molecule is Nc1ccc(Cl)c(S(=O)(=O)C2CCN(CCF)CC2)c1O. The molecule has 1 aromatic carbocycles. The van der Waals surface area contributed by atoms with Gasteiger partial charge in [0, 0.05) is 6.54 Å². The number of nitrogens with two attached hydrogens (primary N) is 1. The maximum atomic E-state index is 12.7. The minimum Gasteiger partial charge on any atom is -0.504 e. The predicted molar refractivity (Wildman–Crippen MR) is 80.2 cm³/mol. The molecule has 8 heteroatoms. The molecule has 0 saturated carbocycles. The van der Waals surface area contributed by atoms with Crippen LogP contribution in [0.25, 0.3) is 0 Å². The lowest BCUT2D eigenvalue weighted by Crippen LogP contribution is -2.40. The van der Waals surface area contributed by atoms with Gasteiger partial charge in [0.25, 0.3) is 0 Å². The van der Waals surface area contributed by atoms with Crippen LogP contribution >= 0.6 is 11.6 Å². The van der Waals surface area contributed by atoms with E-state index in [0.717, 1.165) is 0 Å². The first kappa shape index (κ1) is 16.3. The van der Waals surface area contributed by atoms with Crippen molar-refractivity contribution in [2.45, 2.75) is 23.0 Å². The maximum Gasteiger partial charge on any atom is 0.186 e. The summed E-state index contributed by atoms with van der Waals surface area (Å²) in [5, 5.41) is 9.26. The van der Waals surface area contributed by atoms with E-state index in [9.17, 15) is 17.9 Å². The number of phenolic OH excluding ortho intramolecular Hbond substituents is 1. The van der Waals surface area contributed by atoms with Gasteiger partial charge >= 0.3 is 0 Å². The lowest BCUT2D eigenvalue weighted by molar-refractivity contribution is 0.212. The molecule has 0 atom stereocenters. The summed E-state index contributed by atoms with van der Waals surface area (Å²) < 4.78 is 37.6. The van der Waals surface area contributed by atoms with Gasteiger partial charge in [-0.15, -0.1) is 0 Å². The zero-order valence-electron chi connectivity index (χ0n) is 11.4. The number of rotatable bonds is 4. The van der Waals surface area contributed by atoms with Crippen LogP contribution in [0.1, 0.15) is 12.8 Å². The van der Waals surface area contributed by atoms with Gasteiger partial charge in [0.05, 0.1) is 16.0 Å². The Labute approximate surface area is 128 Å². The van der Waals surface area contributed by atoms with Crippen LogP contribution in [-0.2, 0) is 9.84 Å². The van der Waals surface area contributed by atoms with Gasteiger partial charge in [0.2, 0.25) is 0 Å². The van der Waals surface area contributed by atoms with E-state index < -0.39 is 27.5 Å². The molecular formula is C13H18ClFN2O3S. The Morgan fingerprint density at radius 3 is 2.57 bits per heavy atom. The Kier molecular flexibility index (Phi) is 4.95. The molecule has 3 N–H and O–H groups in total. The van der Waals surface area contributed by atoms with E-state index in [0.29, 0.717) is 32.5 Å². The van der Waals surface area contributed by atoms with Crippen molar-refractivity contribution in [3.8, 4) is 5.75 Å². The van der Waals surface area contributed by atoms with Gasteiger partial charge in [-0.2, -0.15) is 0 Å². The lowest BCUT2D eigenvalue weighted by atomic mass is 10.1. The molecule has 0 spiro atoms. The highest BCUT2D eigenvalue weighted by Gasteiger charge is 2.35. The van der Waals surface area contributed by atoms with E-state index in [-0.39, 0.29) is 15.6 Å². The Bertz CT molecular complexity index is 616. The number of anilines is 1. The predicted octanol–water partition coefficient (Wildman–Crippen LogP) is 1.84. The molecule has 0 aliphatic carbocycles. The van der Waals surface area contributed by atoms with E-state index in [1.165, 1.54) is 12.1 Å². The van der Waals surface area contributed by atoms with Crippen molar-refractivity contribution in [1.29, 1.82) is 0 Å². The molecule has 118 valence electrons. The summed E-state index contributed by atoms with van der Waals surface area (Å²) in [5.74, 6) is -0.492. The molecule has 0 radical (unpaired) electrons. The van der Waals surface area contributed by atoms with Gasteiger partial charge in [0.15, 0.2) is 15.6 Å². The van der Waals surface area contributed by atoms with Crippen molar-refractivity contribution < 1.29 is 17.9 Å². The summed E-state index contributed by atoms with van der Waals surface area (Å²) in [5.41, 5.74) is 5.53. The highest BCUT2D eigenvalue weighted by molar-refractivity contribution is 7.92. The van der Waals surface area contributed by atoms with Gasteiger partial charge in [-0.05, 0) is 38.1 Å². The number of hydrogen-bond donors (Lipinski definition) is 2. The number of sulfone groups is 1. The lowest BCUT2D eigenvalue weighted by Gasteiger charge is -2.31. The van der Waals surface area contributed by atoms with Crippen LogP contribution in [-0.4, -0.2) is 50.0 Å². The summed E-state index contributed by atoms with van der Waals surface area (Å²) in [7, 11) is -3.77. The second kappa shape index (κ2) is 6.37. The van der Waals surface area contributed by atoms with Crippen LogP contribution in [0, 0.1) is 0 Å². The molecule has 5 nitrogen and oxygen atoms in total. The third-order valence-corrected chi connectivity index (χ3v) is 6.53. The Balaban J connectivity index is 2.26. The van der Waals surface area contributed by atoms with Crippen molar-refractivity contribution in [3.05, 3.63) is 17.2 Å². The average Bonchev–Trinajstić information content (AvgIpc) is 2.44. The average molecular weight is 337 g/mol. The summed E-state index contributed by atoms with van der Waals surface area (Å²) in [4.78, 5) is 1.58. The standard InChI is InChI=1S/C13H18ClFN2O3S/c14-10-1-2-11(16)12(18)13(10)21(19,20)9-3-6-17(7-4-9)8-5-15/h1-2,9,18H,3-8,16H2. The molecule has 0 bridgehead atoms. The number of phenols is 1. The molecular weight excluding hydrogens is 319 g/mol. The molecule has 1 saturated heterocycles. The molecule has 1 aromatic rings.